The summed E-state index contributed by atoms with van der Waals surface area (Å²) >= 11 is 4.46. The molecule has 0 fully saturated rings. The molecule has 1 amide bonds. The zero-order valence-electron chi connectivity index (χ0n) is 13.7. The Bertz CT molecular complexity index is 869. The van der Waals surface area contributed by atoms with Crippen LogP contribution in [0.5, 0.6) is 11.5 Å². The summed E-state index contributed by atoms with van der Waals surface area (Å²) in [5.74, 6) is 1.70. The summed E-state index contributed by atoms with van der Waals surface area (Å²) in [5.41, 5.74) is 2.46. The van der Waals surface area contributed by atoms with Crippen LogP contribution in [-0.4, -0.2) is 35.1 Å². The van der Waals surface area contributed by atoms with Crippen LogP contribution in [0.4, 0.5) is 5.69 Å². The second-order valence-electron chi connectivity index (χ2n) is 5.38. The van der Waals surface area contributed by atoms with E-state index in [4.69, 9.17) is 9.47 Å². The summed E-state index contributed by atoms with van der Waals surface area (Å²) in [6.07, 6.45) is 0. The molecule has 4 rings (SSSR count). The molecule has 0 atom stereocenters. The minimum Gasteiger partial charge on any atom is -0.486 e. The number of fused-ring (bicyclic) bond motifs is 1. The van der Waals surface area contributed by atoms with Crippen molar-refractivity contribution in [2.24, 2.45) is 0 Å². The van der Waals surface area contributed by atoms with Crippen LogP contribution >= 0.6 is 34.4 Å². The summed E-state index contributed by atoms with van der Waals surface area (Å²) in [5, 5.41) is 9.80. The molecule has 1 aliphatic rings. The van der Waals surface area contributed by atoms with Gasteiger partial charge in [0.1, 0.15) is 18.7 Å². The average molecular weight is 406 g/mol. The number of nitrogens with zero attached hydrogens (tertiary/aromatic N) is 3. The van der Waals surface area contributed by atoms with Crippen LogP contribution in [-0.2, 0) is 11.3 Å². The molecule has 0 spiro atoms. The molecule has 0 saturated heterocycles. The smallest absolute Gasteiger partial charge is 0.237 e. The van der Waals surface area contributed by atoms with Crippen LogP contribution in [0.25, 0.3) is 0 Å². The van der Waals surface area contributed by atoms with Crippen molar-refractivity contribution in [3.8, 4) is 11.5 Å². The standard InChI is InChI=1S/C17H15N3O3S3/c21-16(10-25-17-19-18-11-26-17)20(9-13-2-1-7-24-13)12-3-4-14-15(8-12)23-6-5-22-14/h1-4,7-8,11H,5-6,9-10H2. The molecule has 6 nitrogen and oxygen atoms in total. The Hall–Kier alpha value is -2.10. The molecule has 9 heteroatoms. The number of anilines is 1. The van der Waals surface area contributed by atoms with Gasteiger partial charge in [-0.3, -0.25) is 4.79 Å². The Morgan fingerprint density at radius 2 is 2.08 bits per heavy atom. The first-order valence-corrected chi connectivity index (χ1v) is 10.7. The van der Waals surface area contributed by atoms with E-state index in [9.17, 15) is 4.79 Å². The van der Waals surface area contributed by atoms with E-state index in [-0.39, 0.29) is 5.91 Å². The summed E-state index contributed by atoms with van der Waals surface area (Å²) < 4.78 is 12.0. The highest BCUT2D eigenvalue weighted by Crippen LogP contribution is 2.35. The predicted octanol–water partition coefficient (Wildman–Crippen LogP) is 3.70. The molecule has 3 aromatic rings. The summed E-state index contributed by atoms with van der Waals surface area (Å²) in [6.45, 7) is 1.58. The number of aromatic nitrogens is 2. The van der Waals surface area contributed by atoms with Crippen LogP contribution < -0.4 is 14.4 Å². The monoisotopic (exact) mass is 405 g/mol. The van der Waals surface area contributed by atoms with Crippen LogP contribution in [0.2, 0.25) is 0 Å². The fourth-order valence-corrected chi connectivity index (χ4v) is 4.57. The maximum atomic E-state index is 12.9. The van der Waals surface area contributed by atoms with Gasteiger partial charge in [0.05, 0.1) is 12.3 Å². The van der Waals surface area contributed by atoms with Gasteiger partial charge in [0.25, 0.3) is 0 Å². The molecule has 0 bridgehead atoms. The number of hydrogen-bond acceptors (Lipinski definition) is 8. The largest absolute Gasteiger partial charge is 0.486 e. The van der Waals surface area contributed by atoms with Crippen LogP contribution in [0.1, 0.15) is 4.88 Å². The fourth-order valence-electron chi connectivity index (χ4n) is 2.51. The number of ether oxygens (including phenoxy) is 2. The van der Waals surface area contributed by atoms with Gasteiger partial charge in [0.2, 0.25) is 5.91 Å². The van der Waals surface area contributed by atoms with E-state index in [1.807, 2.05) is 35.7 Å². The molecule has 1 aromatic carbocycles. The normalized spacial score (nSPS) is 12.8. The molecule has 0 N–H and O–H groups in total. The molecule has 26 heavy (non-hydrogen) atoms. The fraction of sp³-hybridized carbons (Fsp3) is 0.235. The lowest BCUT2D eigenvalue weighted by atomic mass is 10.2. The zero-order valence-corrected chi connectivity index (χ0v) is 16.1. The molecule has 1 aliphatic heterocycles. The number of thioether (sulfide) groups is 1. The molecule has 3 heterocycles. The first kappa shape index (κ1) is 17.3. The van der Waals surface area contributed by atoms with Gasteiger partial charge in [-0.15, -0.1) is 21.5 Å². The third-order valence-corrected chi connectivity index (χ3v) is 6.40. The molecule has 0 unspecified atom stereocenters. The van der Waals surface area contributed by atoms with Gasteiger partial charge in [-0.1, -0.05) is 29.2 Å². The van der Waals surface area contributed by atoms with E-state index in [2.05, 4.69) is 10.2 Å². The molecule has 0 saturated carbocycles. The van der Waals surface area contributed by atoms with Crippen molar-refractivity contribution in [3.63, 3.8) is 0 Å². The highest BCUT2D eigenvalue weighted by molar-refractivity contribution is 8.01. The van der Waals surface area contributed by atoms with E-state index >= 15 is 0 Å². The lowest BCUT2D eigenvalue weighted by Crippen LogP contribution is -2.31. The SMILES string of the molecule is O=C(CSc1nncs1)N(Cc1cccs1)c1ccc2c(c1)OCCO2. The summed E-state index contributed by atoms with van der Waals surface area (Å²) in [6, 6.07) is 9.64. The van der Waals surface area contributed by atoms with Crippen LogP contribution in [0.3, 0.4) is 0 Å². The maximum Gasteiger partial charge on any atom is 0.237 e. The maximum absolute atomic E-state index is 12.9. The molecular weight excluding hydrogens is 390 g/mol. The van der Waals surface area contributed by atoms with Crippen molar-refractivity contribution in [1.29, 1.82) is 0 Å². The van der Waals surface area contributed by atoms with Crippen LogP contribution in [0, 0.1) is 0 Å². The highest BCUT2D eigenvalue weighted by atomic mass is 32.2. The van der Waals surface area contributed by atoms with Crippen molar-refractivity contribution < 1.29 is 14.3 Å². The topological polar surface area (TPSA) is 64.6 Å². The third kappa shape index (κ3) is 4.00. The van der Waals surface area contributed by atoms with Gasteiger partial charge in [-0.2, -0.15) is 0 Å². The minimum absolute atomic E-state index is 0.00952. The van der Waals surface area contributed by atoms with Gasteiger partial charge in [0, 0.05) is 16.6 Å². The van der Waals surface area contributed by atoms with E-state index in [1.165, 1.54) is 23.1 Å². The Morgan fingerprint density at radius 1 is 1.19 bits per heavy atom. The lowest BCUT2D eigenvalue weighted by molar-refractivity contribution is -0.116. The first-order valence-electron chi connectivity index (χ1n) is 7.91. The van der Waals surface area contributed by atoms with Gasteiger partial charge in [0.15, 0.2) is 15.8 Å². The predicted molar refractivity (Wildman–Crippen MR) is 104 cm³/mol. The van der Waals surface area contributed by atoms with E-state index in [0.29, 0.717) is 37.0 Å². The zero-order chi connectivity index (χ0) is 17.8. The Kier molecular flexibility index (Phi) is 5.37. The Morgan fingerprint density at radius 3 is 2.85 bits per heavy atom. The lowest BCUT2D eigenvalue weighted by Gasteiger charge is -2.25. The van der Waals surface area contributed by atoms with Gasteiger partial charge in [-0.25, -0.2) is 0 Å². The minimum atomic E-state index is 0.00952. The van der Waals surface area contributed by atoms with Crippen molar-refractivity contribution in [2.75, 3.05) is 23.9 Å². The van der Waals surface area contributed by atoms with Crippen molar-refractivity contribution >= 4 is 46.0 Å². The average Bonchev–Trinajstić information content (AvgIpc) is 3.37. The molecule has 134 valence electrons. The second kappa shape index (κ2) is 8.07. The first-order chi connectivity index (χ1) is 12.8. The Balaban J connectivity index is 1.56. The van der Waals surface area contributed by atoms with E-state index in [0.717, 1.165) is 14.9 Å². The number of hydrogen-bond donors (Lipinski definition) is 0. The number of carbonyl (C=O) groups is 1. The van der Waals surface area contributed by atoms with Crippen molar-refractivity contribution in [3.05, 3.63) is 46.1 Å². The second-order valence-corrected chi connectivity index (χ2v) is 8.47. The molecule has 0 radical (unpaired) electrons. The quantitative estimate of drug-likeness (QED) is 0.583. The van der Waals surface area contributed by atoms with Crippen molar-refractivity contribution in [2.45, 2.75) is 10.9 Å². The number of thiophene rings is 1. The Labute approximate surface area is 162 Å². The highest BCUT2D eigenvalue weighted by Gasteiger charge is 2.21. The number of benzene rings is 1. The van der Waals surface area contributed by atoms with E-state index in [1.54, 1.807) is 21.7 Å². The summed E-state index contributed by atoms with van der Waals surface area (Å²) in [7, 11) is 0. The molecule has 0 aliphatic carbocycles. The number of amides is 1. The van der Waals surface area contributed by atoms with Gasteiger partial charge in [-0.05, 0) is 23.6 Å². The number of carbonyl (C=O) groups excluding carboxylic acids is 1. The third-order valence-electron chi connectivity index (χ3n) is 3.69. The van der Waals surface area contributed by atoms with E-state index < -0.39 is 0 Å². The summed E-state index contributed by atoms with van der Waals surface area (Å²) in [4.78, 5) is 15.8. The van der Waals surface area contributed by atoms with Gasteiger partial charge < -0.3 is 14.4 Å². The molecular formula is C17H15N3O3S3. The molecule has 2 aromatic heterocycles. The van der Waals surface area contributed by atoms with Crippen LogP contribution in [0.15, 0.2) is 45.6 Å². The number of rotatable bonds is 6. The van der Waals surface area contributed by atoms with Gasteiger partial charge >= 0.3 is 0 Å². The van der Waals surface area contributed by atoms with Crippen molar-refractivity contribution in [1.82, 2.24) is 10.2 Å².